The first-order valence-corrected chi connectivity index (χ1v) is 19.2. The summed E-state index contributed by atoms with van der Waals surface area (Å²) >= 11 is 0. The summed E-state index contributed by atoms with van der Waals surface area (Å²) in [6, 6.07) is 11.5. The monoisotopic (exact) mass is 699 g/mol. The number of unbranched alkanes of at least 4 members (excludes halogenated alkanes) is 14. The van der Waals surface area contributed by atoms with Gasteiger partial charge in [-0.1, -0.05) is 121 Å². The summed E-state index contributed by atoms with van der Waals surface area (Å²) in [5.41, 5.74) is 13.6. The fraction of sp³-hybridized carbons (Fsp3) is 0.634. The largest absolute Gasteiger partial charge is 0.453 e. The zero-order valence-corrected chi connectivity index (χ0v) is 30.5. The first kappa shape index (κ1) is 43.0. The number of carbonyl (C=O) groups is 3. The fourth-order valence-corrected chi connectivity index (χ4v) is 6.21. The van der Waals surface area contributed by atoms with Gasteiger partial charge in [-0.15, -0.1) is 0 Å². The van der Waals surface area contributed by atoms with E-state index in [-0.39, 0.29) is 48.9 Å². The van der Waals surface area contributed by atoms with Gasteiger partial charge in [0.05, 0.1) is 6.04 Å². The van der Waals surface area contributed by atoms with Crippen molar-refractivity contribution in [3.05, 3.63) is 71.3 Å². The van der Waals surface area contributed by atoms with E-state index in [1.165, 1.54) is 64.2 Å². The molecule has 0 spiro atoms. The van der Waals surface area contributed by atoms with Crippen molar-refractivity contribution < 1.29 is 27.9 Å². The quantitative estimate of drug-likeness (QED) is 0.0579. The zero-order valence-electron chi connectivity index (χ0n) is 30.5. The summed E-state index contributed by atoms with van der Waals surface area (Å²) in [7, 11) is 0. The number of rotatable bonds is 29. The van der Waals surface area contributed by atoms with Gasteiger partial charge in [-0.25, -0.2) is 8.78 Å². The molecule has 0 aliphatic carbocycles. The van der Waals surface area contributed by atoms with Gasteiger partial charge in [-0.3, -0.25) is 14.4 Å². The van der Waals surface area contributed by atoms with Gasteiger partial charge in [0.15, 0.2) is 11.9 Å². The Morgan fingerprint density at radius 2 is 1.30 bits per heavy atom. The normalized spacial score (nSPS) is 13.1. The Morgan fingerprint density at radius 3 is 1.94 bits per heavy atom. The number of amides is 1. The highest BCUT2D eigenvalue weighted by Crippen LogP contribution is 2.16. The number of nitrogens with one attached hydrogen (secondary N) is 1. The van der Waals surface area contributed by atoms with E-state index in [4.69, 9.17) is 16.2 Å². The molecule has 0 radical (unpaired) electrons. The summed E-state index contributed by atoms with van der Waals surface area (Å²) in [4.78, 5) is 38.3. The maximum atomic E-state index is 13.9. The molecular formula is C41H63F2N3O4. The molecule has 0 aliphatic rings. The molecule has 50 heavy (non-hydrogen) atoms. The van der Waals surface area contributed by atoms with Crippen LogP contribution in [0.1, 0.15) is 140 Å². The maximum absolute atomic E-state index is 13.9. The van der Waals surface area contributed by atoms with Crippen LogP contribution in [0.5, 0.6) is 0 Å². The minimum Gasteiger partial charge on any atom is -0.453 e. The lowest BCUT2D eigenvalue weighted by Crippen LogP contribution is -2.45. The summed E-state index contributed by atoms with van der Waals surface area (Å²) in [6.45, 7) is 2.65. The Morgan fingerprint density at radius 1 is 0.720 bits per heavy atom. The summed E-state index contributed by atoms with van der Waals surface area (Å²) in [5, 5.41) is 2.80. The second-order valence-electron chi connectivity index (χ2n) is 13.8. The van der Waals surface area contributed by atoms with Crippen LogP contribution in [0.3, 0.4) is 0 Å². The minimum atomic E-state index is -1.01. The van der Waals surface area contributed by atoms with Crippen molar-refractivity contribution in [1.82, 2.24) is 5.32 Å². The molecule has 5 N–H and O–H groups in total. The molecule has 2 aromatic carbocycles. The zero-order chi connectivity index (χ0) is 36.4. The number of carbonyl (C=O) groups excluding carboxylic acids is 3. The Balaban J connectivity index is 1.67. The summed E-state index contributed by atoms with van der Waals surface area (Å²) in [5.74, 6) is -1.94. The summed E-state index contributed by atoms with van der Waals surface area (Å²) < 4.78 is 33.0. The van der Waals surface area contributed by atoms with Gasteiger partial charge >= 0.3 is 5.97 Å². The van der Waals surface area contributed by atoms with Gasteiger partial charge in [0, 0.05) is 31.8 Å². The van der Waals surface area contributed by atoms with Crippen molar-refractivity contribution in [3.63, 3.8) is 0 Å². The van der Waals surface area contributed by atoms with E-state index in [1.807, 2.05) is 30.3 Å². The van der Waals surface area contributed by atoms with E-state index in [2.05, 4.69) is 12.2 Å². The molecule has 0 fully saturated rings. The van der Waals surface area contributed by atoms with Crippen molar-refractivity contribution >= 4 is 17.7 Å². The molecule has 7 nitrogen and oxygen atoms in total. The van der Waals surface area contributed by atoms with E-state index >= 15 is 0 Å². The third-order valence-corrected chi connectivity index (χ3v) is 9.12. The van der Waals surface area contributed by atoms with Gasteiger partial charge in [-0.05, 0) is 61.4 Å². The molecule has 2 rings (SSSR count). The standard InChI is InChI=1S/C41H63F2N3O4/c1-2-3-4-5-6-7-8-9-10-11-12-13-19-24-40(49)50-41(37(45)28-32-21-16-14-17-22-32)38(47)23-18-15-20-27-46-39(48)31-35(44)30-33-29-34(42)25-26-36(33)43/h14,16-17,21-22,25-26,29,35,37,41H,2-13,15,18-20,23-24,27-28,30-31,44-45H2,1H3,(H,46,48). The molecule has 2 aromatic rings. The topological polar surface area (TPSA) is 125 Å². The lowest BCUT2D eigenvalue weighted by Gasteiger charge is -2.23. The molecule has 0 aromatic heterocycles. The average Bonchev–Trinajstić information content (AvgIpc) is 3.09. The van der Waals surface area contributed by atoms with Gasteiger partial charge in [-0.2, -0.15) is 0 Å². The van der Waals surface area contributed by atoms with Crippen LogP contribution >= 0.6 is 0 Å². The van der Waals surface area contributed by atoms with Crippen LogP contribution < -0.4 is 16.8 Å². The number of ketones is 1. The van der Waals surface area contributed by atoms with Crippen LogP contribution in [0.2, 0.25) is 0 Å². The number of benzene rings is 2. The van der Waals surface area contributed by atoms with E-state index in [0.717, 1.165) is 43.0 Å². The van der Waals surface area contributed by atoms with E-state index < -0.39 is 29.8 Å². The van der Waals surface area contributed by atoms with Crippen LogP contribution in [0.15, 0.2) is 48.5 Å². The molecular weight excluding hydrogens is 636 g/mol. The van der Waals surface area contributed by atoms with Gasteiger partial charge < -0.3 is 21.5 Å². The molecule has 0 saturated heterocycles. The first-order valence-electron chi connectivity index (χ1n) is 19.2. The Labute approximate surface area is 299 Å². The highest BCUT2D eigenvalue weighted by molar-refractivity contribution is 5.86. The molecule has 1 amide bonds. The lowest BCUT2D eigenvalue weighted by molar-refractivity contribution is -0.156. The van der Waals surface area contributed by atoms with Gasteiger partial charge in [0.1, 0.15) is 11.6 Å². The number of Topliss-reactive ketones (excluding diaryl/α,β-unsaturated/α-hetero) is 1. The molecule has 280 valence electrons. The SMILES string of the molecule is CCCCCCCCCCCCCCCC(=O)OC(C(=O)CCCCCNC(=O)CC(N)Cc1cc(F)ccc1F)C(N)Cc1ccccc1. The lowest BCUT2D eigenvalue weighted by atomic mass is 9.96. The Hall–Kier alpha value is -3.17. The number of halogens is 2. The van der Waals surface area contributed by atoms with Gasteiger partial charge in [0.25, 0.3) is 0 Å². The maximum Gasteiger partial charge on any atom is 0.306 e. The number of nitrogens with two attached hydrogens (primary N) is 2. The van der Waals surface area contributed by atoms with Crippen molar-refractivity contribution in [2.75, 3.05) is 6.54 Å². The average molecular weight is 700 g/mol. The Bertz CT molecular complexity index is 1230. The van der Waals surface area contributed by atoms with Crippen molar-refractivity contribution in [2.45, 2.75) is 160 Å². The molecule has 0 heterocycles. The minimum absolute atomic E-state index is 0.0138. The van der Waals surface area contributed by atoms with Crippen LogP contribution in [0.25, 0.3) is 0 Å². The molecule has 0 bridgehead atoms. The van der Waals surface area contributed by atoms with Gasteiger partial charge in [0.2, 0.25) is 5.91 Å². The molecule has 9 heteroatoms. The molecule has 0 aliphatic heterocycles. The van der Waals surface area contributed by atoms with Crippen LogP contribution in [0, 0.1) is 11.6 Å². The third kappa shape index (κ3) is 19.9. The number of ether oxygens (including phenoxy) is 1. The molecule has 3 atom stereocenters. The first-order chi connectivity index (χ1) is 24.2. The Kier molecular flexibility index (Phi) is 22.9. The molecule has 3 unspecified atom stereocenters. The van der Waals surface area contributed by atoms with E-state index in [9.17, 15) is 23.2 Å². The van der Waals surface area contributed by atoms with Crippen LogP contribution in [-0.2, 0) is 32.0 Å². The number of hydrogen-bond donors (Lipinski definition) is 3. The van der Waals surface area contributed by atoms with Crippen molar-refractivity contribution in [3.8, 4) is 0 Å². The number of hydrogen-bond acceptors (Lipinski definition) is 6. The van der Waals surface area contributed by atoms with Crippen molar-refractivity contribution in [1.29, 1.82) is 0 Å². The van der Waals surface area contributed by atoms with E-state index in [0.29, 0.717) is 32.2 Å². The predicted octanol–water partition coefficient (Wildman–Crippen LogP) is 8.43. The van der Waals surface area contributed by atoms with E-state index in [1.54, 1.807) is 0 Å². The highest BCUT2D eigenvalue weighted by atomic mass is 19.1. The second-order valence-corrected chi connectivity index (χ2v) is 13.8. The predicted molar refractivity (Wildman–Crippen MR) is 197 cm³/mol. The highest BCUT2D eigenvalue weighted by Gasteiger charge is 2.29. The second kappa shape index (κ2) is 26.6. The number of esters is 1. The molecule has 0 saturated carbocycles. The van der Waals surface area contributed by atoms with Crippen LogP contribution in [0.4, 0.5) is 8.78 Å². The summed E-state index contributed by atoms with van der Waals surface area (Å²) in [6.07, 6.45) is 17.7. The fourth-order valence-electron chi connectivity index (χ4n) is 6.21. The van der Waals surface area contributed by atoms with Crippen molar-refractivity contribution in [2.24, 2.45) is 11.5 Å². The smallest absolute Gasteiger partial charge is 0.306 e. The van der Waals surface area contributed by atoms with Crippen LogP contribution in [-0.4, -0.2) is 42.4 Å². The third-order valence-electron chi connectivity index (χ3n) is 9.12.